The number of rotatable bonds is 4. The predicted octanol–water partition coefficient (Wildman–Crippen LogP) is 4.61. The molecule has 1 aromatic heterocycles. The van der Waals surface area contributed by atoms with Gasteiger partial charge in [0, 0.05) is 6.04 Å². The molecule has 0 radical (unpaired) electrons. The highest BCUT2D eigenvalue weighted by atomic mass is 32.1. The number of carbonyl (C=O) groups is 1. The van der Waals surface area contributed by atoms with Crippen molar-refractivity contribution in [3.8, 4) is 0 Å². The summed E-state index contributed by atoms with van der Waals surface area (Å²) in [4.78, 5) is 16.6. The van der Waals surface area contributed by atoms with E-state index in [1.165, 1.54) is 32.1 Å². The van der Waals surface area contributed by atoms with Crippen LogP contribution in [0.3, 0.4) is 0 Å². The van der Waals surface area contributed by atoms with Gasteiger partial charge in [-0.2, -0.15) is 0 Å². The molecule has 0 unspecified atom stereocenters. The third kappa shape index (κ3) is 3.58. The molecule has 22 heavy (non-hydrogen) atoms. The minimum absolute atomic E-state index is 0.104. The second kappa shape index (κ2) is 6.65. The Balaban J connectivity index is 1.76. The first-order valence-electron chi connectivity index (χ1n) is 8.00. The number of thiazole rings is 1. The van der Waals surface area contributed by atoms with Gasteiger partial charge in [-0.3, -0.25) is 0 Å². The fraction of sp³-hybridized carbons (Fsp3) is 0.529. The zero-order valence-electron chi connectivity index (χ0n) is 13.1. The Morgan fingerprint density at radius 2 is 2.09 bits per heavy atom. The van der Waals surface area contributed by atoms with E-state index in [0.29, 0.717) is 11.6 Å². The number of hydrogen-bond donors (Lipinski definition) is 1. The van der Waals surface area contributed by atoms with Crippen molar-refractivity contribution in [1.29, 1.82) is 0 Å². The average molecular weight is 318 g/mol. The van der Waals surface area contributed by atoms with E-state index in [-0.39, 0.29) is 12.1 Å². The number of aromatic nitrogens is 1. The van der Waals surface area contributed by atoms with Crippen molar-refractivity contribution in [2.45, 2.75) is 58.1 Å². The second-order valence-electron chi connectivity index (χ2n) is 6.13. The fourth-order valence-electron chi connectivity index (χ4n) is 2.82. The van der Waals surface area contributed by atoms with E-state index < -0.39 is 0 Å². The maximum Gasteiger partial charge on any atom is 0.338 e. The Morgan fingerprint density at radius 1 is 1.32 bits per heavy atom. The molecule has 2 aromatic rings. The van der Waals surface area contributed by atoms with Crippen LogP contribution in [-0.2, 0) is 4.74 Å². The number of nitrogens with zero attached hydrogens (tertiary/aromatic N) is 1. The van der Waals surface area contributed by atoms with Crippen LogP contribution in [-0.4, -0.2) is 23.1 Å². The predicted molar refractivity (Wildman–Crippen MR) is 90.7 cm³/mol. The lowest BCUT2D eigenvalue weighted by Crippen LogP contribution is -2.21. The van der Waals surface area contributed by atoms with Gasteiger partial charge in [-0.25, -0.2) is 9.78 Å². The summed E-state index contributed by atoms with van der Waals surface area (Å²) in [5.41, 5.74) is 1.53. The summed E-state index contributed by atoms with van der Waals surface area (Å²) >= 11 is 1.61. The molecule has 0 spiro atoms. The van der Waals surface area contributed by atoms with Crippen molar-refractivity contribution in [1.82, 2.24) is 4.98 Å². The first-order valence-corrected chi connectivity index (χ1v) is 8.81. The number of benzene rings is 1. The summed E-state index contributed by atoms with van der Waals surface area (Å²) in [6.07, 6.45) is 6.29. The molecule has 1 aliphatic carbocycles. The van der Waals surface area contributed by atoms with Crippen molar-refractivity contribution in [2.75, 3.05) is 5.32 Å². The normalized spacial score (nSPS) is 16.1. The largest absolute Gasteiger partial charge is 0.459 e. The van der Waals surface area contributed by atoms with E-state index in [9.17, 15) is 4.79 Å². The zero-order valence-corrected chi connectivity index (χ0v) is 13.9. The first kappa shape index (κ1) is 15.3. The molecule has 0 aliphatic heterocycles. The number of carbonyl (C=O) groups excluding carboxylic acids is 1. The smallest absolute Gasteiger partial charge is 0.338 e. The van der Waals surface area contributed by atoms with Gasteiger partial charge in [-0.1, -0.05) is 30.6 Å². The fourth-order valence-corrected chi connectivity index (χ4v) is 3.80. The van der Waals surface area contributed by atoms with Crippen LogP contribution in [0.5, 0.6) is 0 Å². The maximum atomic E-state index is 12.0. The number of hydrogen-bond acceptors (Lipinski definition) is 5. The molecule has 5 heteroatoms. The van der Waals surface area contributed by atoms with E-state index in [4.69, 9.17) is 4.74 Å². The van der Waals surface area contributed by atoms with E-state index >= 15 is 0 Å². The van der Waals surface area contributed by atoms with Gasteiger partial charge in [0.2, 0.25) is 0 Å². The van der Waals surface area contributed by atoms with E-state index in [2.05, 4.69) is 10.3 Å². The number of esters is 1. The van der Waals surface area contributed by atoms with Gasteiger partial charge in [0.1, 0.15) is 0 Å². The Morgan fingerprint density at radius 3 is 2.82 bits per heavy atom. The molecule has 1 saturated carbocycles. The topological polar surface area (TPSA) is 51.2 Å². The summed E-state index contributed by atoms with van der Waals surface area (Å²) in [5, 5.41) is 4.50. The first-order chi connectivity index (χ1) is 10.6. The Hall–Kier alpha value is -1.62. The SMILES string of the molecule is CC(C)OC(=O)c1ccc2nc(NC3CCCCC3)sc2c1. The third-order valence-electron chi connectivity index (χ3n) is 3.90. The number of fused-ring (bicyclic) bond motifs is 1. The molecule has 1 fully saturated rings. The Labute approximate surface area is 134 Å². The zero-order chi connectivity index (χ0) is 15.5. The molecule has 118 valence electrons. The molecule has 3 rings (SSSR count). The molecule has 4 nitrogen and oxygen atoms in total. The van der Waals surface area contributed by atoms with Gasteiger partial charge in [-0.15, -0.1) is 0 Å². The highest BCUT2D eigenvalue weighted by Crippen LogP contribution is 2.29. The molecule has 1 N–H and O–H groups in total. The molecule has 0 bridgehead atoms. The Bertz CT molecular complexity index is 660. The minimum atomic E-state index is -0.271. The second-order valence-corrected chi connectivity index (χ2v) is 7.17. The third-order valence-corrected chi connectivity index (χ3v) is 4.85. The van der Waals surface area contributed by atoms with Crippen LogP contribution in [0.15, 0.2) is 18.2 Å². The van der Waals surface area contributed by atoms with Crippen molar-refractivity contribution in [3.05, 3.63) is 23.8 Å². The lowest BCUT2D eigenvalue weighted by molar-refractivity contribution is 0.0378. The highest BCUT2D eigenvalue weighted by Gasteiger charge is 2.16. The van der Waals surface area contributed by atoms with Crippen molar-refractivity contribution in [2.24, 2.45) is 0 Å². The lowest BCUT2D eigenvalue weighted by Gasteiger charge is -2.22. The van der Waals surface area contributed by atoms with Crippen molar-refractivity contribution < 1.29 is 9.53 Å². The summed E-state index contributed by atoms with van der Waals surface area (Å²) in [5.74, 6) is -0.271. The number of ether oxygens (including phenoxy) is 1. The van der Waals surface area contributed by atoms with Crippen LogP contribution in [0, 0.1) is 0 Å². The molecule has 1 heterocycles. The van der Waals surface area contributed by atoms with Gasteiger partial charge >= 0.3 is 5.97 Å². The minimum Gasteiger partial charge on any atom is -0.459 e. The van der Waals surface area contributed by atoms with E-state index in [1.54, 1.807) is 17.4 Å². The molecular formula is C17H22N2O2S. The van der Waals surface area contributed by atoms with Gasteiger partial charge < -0.3 is 10.1 Å². The molecule has 0 amide bonds. The van der Waals surface area contributed by atoms with Crippen LogP contribution in [0.25, 0.3) is 10.2 Å². The number of nitrogens with one attached hydrogen (secondary N) is 1. The lowest BCUT2D eigenvalue weighted by atomic mass is 9.96. The monoisotopic (exact) mass is 318 g/mol. The molecule has 0 saturated heterocycles. The van der Waals surface area contributed by atoms with Crippen molar-refractivity contribution >= 4 is 32.7 Å². The van der Waals surface area contributed by atoms with E-state index in [1.807, 2.05) is 26.0 Å². The standard InChI is InChI=1S/C17H22N2O2S/c1-11(2)21-16(20)12-8-9-14-15(10-12)22-17(19-14)18-13-6-4-3-5-7-13/h8-11,13H,3-7H2,1-2H3,(H,18,19). The van der Waals surface area contributed by atoms with Crippen LogP contribution in [0.2, 0.25) is 0 Å². The summed E-state index contributed by atoms with van der Waals surface area (Å²) in [7, 11) is 0. The molecule has 0 atom stereocenters. The van der Waals surface area contributed by atoms with Gasteiger partial charge in [0.25, 0.3) is 0 Å². The summed E-state index contributed by atoms with van der Waals surface area (Å²) in [6, 6.07) is 6.11. The average Bonchev–Trinajstić information content (AvgIpc) is 2.88. The van der Waals surface area contributed by atoms with E-state index in [0.717, 1.165) is 15.3 Å². The maximum absolute atomic E-state index is 12.0. The van der Waals surface area contributed by atoms with Gasteiger partial charge in [0.15, 0.2) is 5.13 Å². The van der Waals surface area contributed by atoms with Crippen LogP contribution in [0.1, 0.15) is 56.3 Å². The van der Waals surface area contributed by atoms with Crippen LogP contribution >= 0.6 is 11.3 Å². The van der Waals surface area contributed by atoms with Crippen LogP contribution in [0.4, 0.5) is 5.13 Å². The number of anilines is 1. The highest BCUT2D eigenvalue weighted by molar-refractivity contribution is 7.22. The van der Waals surface area contributed by atoms with Gasteiger partial charge in [0.05, 0.1) is 21.9 Å². The van der Waals surface area contributed by atoms with Crippen LogP contribution < -0.4 is 5.32 Å². The van der Waals surface area contributed by atoms with Gasteiger partial charge in [-0.05, 0) is 44.9 Å². The molecular weight excluding hydrogens is 296 g/mol. The summed E-state index contributed by atoms with van der Waals surface area (Å²) < 4.78 is 6.27. The Kier molecular flexibility index (Phi) is 4.62. The summed E-state index contributed by atoms with van der Waals surface area (Å²) in [6.45, 7) is 3.71. The van der Waals surface area contributed by atoms with Crippen molar-refractivity contribution in [3.63, 3.8) is 0 Å². The molecule has 1 aliphatic rings. The quantitative estimate of drug-likeness (QED) is 0.837. The molecule has 1 aromatic carbocycles.